The number of nitrogen functional groups attached to an aromatic ring is 1. The van der Waals surface area contributed by atoms with Crippen LogP contribution >= 0.6 is 11.3 Å². The van der Waals surface area contributed by atoms with Crippen LogP contribution in [0.15, 0.2) is 29.2 Å². The van der Waals surface area contributed by atoms with Crippen LogP contribution in [0.1, 0.15) is 16.1 Å². The van der Waals surface area contributed by atoms with E-state index in [2.05, 4.69) is 4.98 Å². The lowest BCUT2D eigenvalue weighted by molar-refractivity contribution is 0.426. The lowest BCUT2D eigenvalue weighted by Gasteiger charge is -2.19. The van der Waals surface area contributed by atoms with Crippen molar-refractivity contribution in [2.24, 2.45) is 0 Å². The number of aromatic nitrogens is 1. The maximum Gasteiger partial charge on any atom is 0.243 e. The minimum Gasteiger partial charge on any atom is -0.375 e. The van der Waals surface area contributed by atoms with Crippen LogP contribution in [-0.2, 0) is 22.9 Å². The van der Waals surface area contributed by atoms with Gasteiger partial charge in [-0.1, -0.05) is 17.7 Å². The number of hydrogen-bond donors (Lipinski definition) is 1. The number of nitrogens with two attached hydrogens (primary N) is 1. The Kier molecular flexibility index (Phi) is 3.73. The fourth-order valence-corrected chi connectivity index (χ4v) is 4.77. The monoisotopic (exact) mass is 323 g/mol. The Morgan fingerprint density at radius 2 is 1.86 bits per heavy atom. The highest BCUT2D eigenvalue weighted by molar-refractivity contribution is 7.89. The van der Waals surface area contributed by atoms with Crippen LogP contribution < -0.4 is 5.73 Å². The minimum atomic E-state index is -3.43. The van der Waals surface area contributed by atoms with Crippen molar-refractivity contribution in [1.29, 1.82) is 0 Å². The highest BCUT2D eigenvalue weighted by Crippen LogP contribution is 2.26. The molecule has 0 fully saturated rings. The van der Waals surface area contributed by atoms with Gasteiger partial charge >= 0.3 is 0 Å². The van der Waals surface area contributed by atoms with E-state index in [1.165, 1.54) is 11.3 Å². The van der Waals surface area contributed by atoms with Gasteiger partial charge in [-0.3, -0.25) is 0 Å². The van der Waals surface area contributed by atoms with Crippen LogP contribution in [0.5, 0.6) is 0 Å². The van der Waals surface area contributed by atoms with E-state index in [1.54, 1.807) is 16.4 Å². The number of rotatable bonds is 2. The molecule has 0 amide bonds. The molecule has 1 aromatic heterocycles. The zero-order chi connectivity index (χ0) is 15.0. The lowest BCUT2D eigenvalue weighted by Crippen LogP contribution is -2.33. The Bertz CT molecular complexity index is 726. The summed E-state index contributed by atoms with van der Waals surface area (Å²) >= 11 is 1.46. The number of benzene rings is 1. The molecular weight excluding hydrogens is 306 g/mol. The van der Waals surface area contributed by atoms with E-state index in [0.717, 1.165) is 16.1 Å². The van der Waals surface area contributed by atoms with Gasteiger partial charge in [0.25, 0.3) is 0 Å². The maximum absolute atomic E-state index is 12.7. The number of fused-ring (bicyclic) bond motifs is 1. The van der Waals surface area contributed by atoms with E-state index in [4.69, 9.17) is 5.73 Å². The zero-order valence-electron chi connectivity index (χ0n) is 11.7. The van der Waals surface area contributed by atoms with Crippen molar-refractivity contribution < 1.29 is 8.42 Å². The fraction of sp³-hybridized carbons (Fsp3) is 0.357. The van der Waals surface area contributed by atoms with E-state index in [0.29, 0.717) is 36.0 Å². The fourth-order valence-electron chi connectivity index (χ4n) is 2.46. The first-order valence-corrected chi connectivity index (χ1v) is 9.03. The third kappa shape index (κ3) is 2.81. The molecule has 112 valence electrons. The summed E-state index contributed by atoms with van der Waals surface area (Å²) in [4.78, 5) is 5.75. The van der Waals surface area contributed by atoms with Crippen LogP contribution in [0, 0.1) is 6.92 Å². The van der Waals surface area contributed by atoms with Crippen LogP contribution in [0.4, 0.5) is 5.13 Å². The first kappa shape index (κ1) is 14.5. The van der Waals surface area contributed by atoms with Crippen molar-refractivity contribution >= 4 is 26.5 Å². The predicted molar refractivity (Wildman–Crippen MR) is 83.9 cm³/mol. The standard InChI is InChI=1S/C14H17N3O2S2/c1-10-2-4-11(5-3-10)21(18,19)17-8-6-12-13(7-9-17)20-14(15)16-12/h2-5H,6-9H2,1H3,(H2,15,16). The summed E-state index contributed by atoms with van der Waals surface area (Å²) in [6, 6.07) is 6.98. The molecule has 0 unspecified atom stereocenters. The number of nitrogens with zero attached hydrogens (tertiary/aromatic N) is 2. The van der Waals surface area contributed by atoms with Gasteiger partial charge in [-0.2, -0.15) is 4.31 Å². The Labute approximate surface area is 128 Å². The Morgan fingerprint density at radius 3 is 2.57 bits per heavy atom. The molecule has 5 nitrogen and oxygen atoms in total. The summed E-state index contributed by atoms with van der Waals surface area (Å²) in [6.45, 7) is 2.87. The molecule has 1 aliphatic rings. The second-order valence-electron chi connectivity index (χ2n) is 5.14. The summed E-state index contributed by atoms with van der Waals surface area (Å²) in [5.41, 5.74) is 7.70. The molecule has 0 saturated carbocycles. The van der Waals surface area contributed by atoms with Crippen molar-refractivity contribution in [3.63, 3.8) is 0 Å². The number of hydrogen-bond acceptors (Lipinski definition) is 5. The zero-order valence-corrected chi connectivity index (χ0v) is 13.4. The smallest absolute Gasteiger partial charge is 0.243 e. The lowest BCUT2D eigenvalue weighted by atomic mass is 10.2. The summed E-state index contributed by atoms with van der Waals surface area (Å²) in [7, 11) is -3.43. The molecule has 0 atom stereocenters. The second-order valence-corrected chi connectivity index (χ2v) is 8.19. The molecule has 3 rings (SSSR count). The number of anilines is 1. The molecule has 21 heavy (non-hydrogen) atoms. The van der Waals surface area contributed by atoms with E-state index in [-0.39, 0.29) is 0 Å². The quantitative estimate of drug-likeness (QED) is 0.914. The normalized spacial score (nSPS) is 16.4. The maximum atomic E-state index is 12.7. The Balaban J connectivity index is 1.84. The average molecular weight is 323 g/mol. The van der Waals surface area contributed by atoms with Gasteiger partial charge in [-0.05, 0) is 25.5 Å². The van der Waals surface area contributed by atoms with Gasteiger partial charge in [-0.25, -0.2) is 13.4 Å². The number of thiazole rings is 1. The van der Waals surface area contributed by atoms with Crippen molar-refractivity contribution in [1.82, 2.24) is 9.29 Å². The third-order valence-corrected chi connectivity index (χ3v) is 6.54. The molecule has 2 aromatic rings. The summed E-state index contributed by atoms with van der Waals surface area (Å²) < 4.78 is 26.9. The molecular formula is C14H17N3O2S2. The molecule has 0 aliphatic carbocycles. The van der Waals surface area contributed by atoms with E-state index >= 15 is 0 Å². The van der Waals surface area contributed by atoms with Gasteiger partial charge in [0.15, 0.2) is 5.13 Å². The van der Waals surface area contributed by atoms with Crippen molar-refractivity contribution in [2.45, 2.75) is 24.7 Å². The van der Waals surface area contributed by atoms with Crippen LogP contribution in [0.2, 0.25) is 0 Å². The summed E-state index contributed by atoms with van der Waals surface area (Å²) in [5, 5.41) is 0.565. The van der Waals surface area contributed by atoms with Gasteiger partial charge < -0.3 is 5.73 Å². The van der Waals surface area contributed by atoms with Gasteiger partial charge in [0.2, 0.25) is 10.0 Å². The van der Waals surface area contributed by atoms with Crippen molar-refractivity contribution in [2.75, 3.05) is 18.8 Å². The molecule has 0 radical (unpaired) electrons. The summed E-state index contributed by atoms with van der Waals surface area (Å²) in [6.07, 6.45) is 1.30. The first-order chi connectivity index (χ1) is 9.96. The first-order valence-electron chi connectivity index (χ1n) is 6.78. The molecule has 1 aliphatic heterocycles. The van der Waals surface area contributed by atoms with E-state index in [9.17, 15) is 8.42 Å². The Hall–Kier alpha value is -1.44. The van der Waals surface area contributed by atoms with E-state index in [1.807, 2.05) is 19.1 Å². The SMILES string of the molecule is Cc1ccc(S(=O)(=O)N2CCc3nc(N)sc3CC2)cc1. The van der Waals surface area contributed by atoms with Crippen LogP contribution in [0.3, 0.4) is 0 Å². The largest absolute Gasteiger partial charge is 0.375 e. The molecule has 0 saturated heterocycles. The highest BCUT2D eigenvalue weighted by Gasteiger charge is 2.27. The molecule has 0 spiro atoms. The Morgan fingerprint density at radius 1 is 1.19 bits per heavy atom. The molecule has 0 bridgehead atoms. The highest BCUT2D eigenvalue weighted by atomic mass is 32.2. The minimum absolute atomic E-state index is 0.353. The van der Waals surface area contributed by atoms with Crippen molar-refractivity contribution in [3.8, 4) is 0 Å². The molecule has 7 heteroatoms. The van der Waals surface area contributed by atoms with Gasteiger partial charge in [-0.15, -0.1) is 11.3 Å². The van der Waals surface area contributed by atoms with Crippen molar-refractivity contribution in [3.05, 3.63) is 40.4 Å². The van der Waals surface area contributed by atoms with Gasteiger partial charge in [0, 0.05) is 24.4 Å². The predicted octanol–water partition coefficient (Wildman–Crippen LogP) is 1.82. The van der Waals surface area contributed by atoms with Crippen LogP contribution in [-0.4, -0.2) is 30.8 Å². The molecule has 1 aromatic carbocycles. The van der Waals surface area contributed by atoms with Crippen LogP contribution in [0.25, 0.3) is 0 Å². The molecule has 2 N–H and O–H groups in total. The average Bonchev–Trinajstić information content (AvgIpc) is 2.67. The third-order valence-electron chi connectivity index (χ3n) is 3.64. The topological polar surface area (TPSA) is 76.3 Å². The number of sulfonamides is 1. The number of aryl methyl sites for hydroxylation is 1. The second kappa shape index (κ2) is 5.40. The summed E-state index contributed by atoms with van der Waals surface area (Å²) in [5.74, 6) is 0. The van der Waals surface area contributed by atoms with E-state index < -0.39 is 10.0 Å². The van der Waals surface area contributed by atoms with Gasteiger partial charge in [0.05, 0.1) is 10.6 Å². The molecule has 2 heterocycles. The van der Waals surface area contributed by atoms with Gasteiger partial charge in [0.1, 0.15) is 0 Å².